The molecule has 0 spiro atoms. The molecule has 31 heavy (non-hydrogen) atoms. The fourth-order valence-corrected chi connectivity index (χ4v) is 4.26. The van der Waals surface area contributed by atoms with Crippen LogP contribution in [0.15, 0.2) is 59.1 Å². The maximum absolute atomic E-state index is 12.8. The van der Waals surface area contributed by atoms with Crippen LogP contribution in [0.3, 0.4) is 0 Å². The first kappa shape index (κ1) is 19.8. The van der Waals surface area contributed by atoms with Crippen LogP contribution >= 0.6 is 11.6 Å². The molecule has 0 aliphatic carbocycles. The van der Waals surface area contributed by atoms with Crippen molar-refractivity contribution in [3.63, 3.8) is 0 Å². The second-order valence-electron chi connectivity index (χ2n) is 7.89. The summed E-state index contributed by atoms with van der Waals surface area (Å²) >= 11 is 6.21. The van der Waals surface area contributed by atoms with Crippen molar-refractivity contribution in [2.24, 2.45) is 0 Å². The molecule has 1 fully saturated rings. The normalized spacial score (nSPS) is 14.4. The van der Waals surface area contributed by atoms with Crippen LogP contribution in [-0.4, -0.2) is 33.3 Å². The number of nitrogens with one attached hydrogen (secondary N) is 1. The second kappa shape index (κ2) is 8.21. The highest BCUT2D eigenvalue weighted by Crippen LogP contribution is 2.26. The smallest absolute Gasteiger partial charge is 0.292 e. The Hall–Kier alpha value is -3.09. The number of anilines is 1. The Morgan fingerprint density at radius 1 is 1.13 bits per heavy atom. The molecule has 1 saturated heterocycles. The molecule has 5 rings (SSSR count). The van der Waals surface area contributed by atoms with Crippen molar-refractivity contribution in [1.82, 2.24) is 14.3 Å². The molecule has 6 nitrogen and oxygen atoms in total. The summed E-state index contributed by atoms with van der Waals surface area (Å²) in [4.78, 5) is 19.7. The van der Waals surface area contributed by atoms with E-state index in [-0.39, 0.29) is 11.7 Å². The van der Waals surface area contributed by atoms with Gasteiger partial charge >= 0.3 is 0 Å². The molecule has 7 heteroatoms. The van der Waals surface area contributed by atoms with Crippen molar-refractivity contribution in [1.29, 1.82) is 0 Å². The maximum atomic E-state index is 12.8. The molecule has 1 amide bonds. The van der Waals surface area contributed by atoms with Gasteiger partial charge in [0, 0.05) is 18.3 Å². The van der Waals surface area contributed by atoms with Gasteiger partial charge in [-0.2, -0.15) is 0 Å². The van der Waals surface area contributed by atoms with E-state index in [4.69, 9.17) is 16.0 Å². The molecule has 0 saturated carbocycles. The highest BCUT2D eigenvalue weighted by Gasteiger charge is 2.18. The van der Waals surface area contributed by atoms with Crippen molar-refractivity contribution >= 4 is 29.0 Å². The fourth-order valence-electron chi connectivity index (χ4n) is 4.06. The van der Waals surface area contributed by atoms with Gasteiger partial charge in [0.25, 0.3) is 5.91 Å². The summed E-state index contributed by atoms with van der Waals surface area (Å²) in [5.41, 5.74) is 3.52. The van der Waals surface area contributed by atoms with E-state index in [9.17, 15) is 4.79 Å². The molecular weight excluding hydrogens is 412 g/mol. The number of halogens is 1. The molecular formula is C24H23ClN4O2. The average molecular weight is 435 g/mol. The van der Waals surface area contributed by atoms with E-state index in [2.05, 4.69) is 27.3 Å². The molecule has 3 aromatic heterocycles. The van der Waals surface area contributed by atoms with Crippen LogP contribution in [0.25, 0.3) is 17.0 Å². The van der Waals surface area contributed by atoms with E-state index in [0.717, 1.165) is 12.1 Å². The van der Waals surface area contributed by atoms with E-state index in [1.54, 1.807) is 16.5 Å². The Kier molecular flexibility index (Phi) is 5.26. The number of carbonyl (C=O) groups excluding carboxylic acids is 1. The summed E-state index contributed by atoms with van der Waals surface area (Å²) in [6.45, 7) is 5.16. The Bertz CT molecular complexity index is 1240. The van der Waals surface area contributed by atoms with Crippen molar-refractivity contribution in [2.45, 2.75) is 26.3 Å². The zero-order valence-electron chi connectivity index (χ0n) is 17.3. The summed E-state index contributed by atoms with van der Waals surface area (Å²) in [5.74, 6) is 1.15. The van der Waals surface area contributed by atoms with E-state index in [1.165, 1.54) is 31.5 Å². The number of nitrogens with zero attached hydrogens (tertiary/aromatic N) is 3. The molecule has 1 aliphatic heterocycles. The summed E-state index contributed by atoms with van der Waals surface area (Å²) in [7, 11) is 0. The number of aromatic nitrogens is 2. The number of aryl methyl sites for hydroxylation is 1. The Labute approximate surface area is 185 Å². The topological polar surface area (TPSA) is 62.8 Å². The van der Waals surface area contributed by atoms with E-state index in [0.29, 0.717) is 27.9 Å². The number of hydrogen-bond acceptors (Lipinski definition) is 4. The number of amides is 1. The fraction of sp³-hybridized carbons (Fsp3) is 0.250. The first-order valence-corrected chi connectivity index (χ1v) is 10.8. The van der Waals surface area contributed by atoms with Crippen molar-refractivity contribution in [2.75, 3.05) is 18.4 Å². The van der Waals surface area contributed by atoms with Crippen LogP contribution in [-0.2, 0) is 6.54 Å². The van der Waals surface area contributed by atoms with Gasteiger partial charge in [-0.1, -0.05) is 35.9 Å². The Balaban J connectivity index is 1.32. The minimum atomic E-state index is -0.332. The molecule has 4 aromatic rings. The molecule has 158 valence electrons. The number of rotatable bonds is 5. The third-order valence-electron chi connectivity index (χ3n) is 5.68. The standard InChI is InChI=1S/C24H23ClN4O2/c1-16-22(29-14-4-5-19(25)23(29)26-16)27-24(30)21-11-10-20(31-21)18-8-6-17(7-9-18)15-28-12-2-3-13-28/h4-11,14H,2-3,12-13,15H2,1H3,(H,27,30). The summed E-state index contributed by atoms with van der Waals surface area (Å²) in [5, 5.41) is 3.42. The first-order valence-electron chi connectivity index (χ1n) is 10.4. The SMILES string of the molecule is Cc1nc2c(Cl)cccn2c1NC(=O)c1ccc(-c2ccc(CN3CCCC3)cc2)o1. The minimum Gasteiger partial charge on any atom is -0.451 e. The van der Waals surface area contributed by atoms with E-state index >= 15 is 0 Å². The molecule has 4 heterocycles. The predicted octanol–water partition coefficient (Wildman–Crippen LogP) is 5.40. The van der Waals surface area contributed by atoms with Gasteiger partial charge in [-0.05, 0) is 62.7 Å². The van der Waals surface area contributed by atoms with Crippen LogP contribution < -0.4 is 5.32 Å². The summed E-state index contributed by atoms with van der Waals surface area (Å²) in [6.07, 6.45) is 4.39. The lowest BCUT2D eigenvalue weighted by molar-refractivity contribution is 0.0997. The zero-order valence-corrected chi connectivity index (χ0v) is 18.0. The number of imidazole rings is 1. The largest absolute Gasteiger partial charge is 0.451 e. The quantitative estimate of drug-likeness (QED) is 0.456. The third kappa shape index (κ3) is 3.96. The van der Waals surface area contributed by atoms with Gasteiger partial charge in [0.05, 0.1) is 10.7 Å². The summed E-state index contributed by atoms with van der Waals surface area (Å²) < 4.78 is 7.61. The van der Waals surface area contributed by atoms with Crippen molar-refractivity contribution in [3.8, 4) is 11.3 Å². The predicted molar refractivity (Wildman–Crippen MR) is 122 cm³/mol. The van der Waals surface area contributed by atoms with Gasteiger partial charge in [-0.25, -0.2) is 4.98 Å². The van der Waals surface area contributed by atoms with Crippen LogP contribution in [0.1, 0.15) is 34.7 Å². The maximum Gasteiger partial charge on any atom is 0.292 e. The van der Waals surface area contributed by atoms with E-state index < -0.39 is 0 Å². The number of hydrogen-bond donors (Lipinski definition) is 1. The first-order chi connectivity index (χ1) is 15.1. The highest BCUT2D eigenvalue weighted by molar-refractivity contribution is 6.33. The Morgan fingerprint density at radius 3 is 2.68 bits per heavy atom. The van der Waals surface area contributed by atoms with Crippen molar-refractivity contribution < 1.29 is 9.21 Å². The van der Waals surface area contributed by atoms with E-state index in [1.807, 2.05) is 37.4 Å². The van der Waals surface area contributed by atoms with Crippen LogP contribution in [0.2, 0.25) is 5.02 Å². The van der Waals surface area contributed by atoms with Gasteiger partial charge in [-0.3, -0.25) is 14.1 Å². The van der Waals surface area contributed by atoms with Crippen molar-refractivity contribution in [3.05, 3.63) is 76.8 Å². The summed E-state index contributed by atoms with van der Waals surface area (Å²) in [6, 6.07) is 15.4. The molecule has 0 atom stereocenters. The lowest BCUT2D eigenvalue weighted by atomic mass is 10.1. The number of pyridine rings is 1. The number of benzene rings is 1. The van der Waals surface area contributed by atoms with Gasteiger partial charge in [0.1, 0.15) is 11.6 Å². The van der Waals surface area contributed by atoms with Crippen LogP contribution in [0.5, 0.6) is 0 Å². The highest BCUT2D eigenvalue weighted by atomic mass is 35.5. The monoisotopic (exact) mass is 434 g/mol. The lowest BCUT2D eigenvalue weighted by Crippen LogP contribution is -2.18. The number of furan rings is 1. The number of fused-ring (bicyclic) bond motifs is 1. The molecule has 1 N–H and O–H groups in total. The lowest BCUT2D eigenvalue weighted by Gasteiger charge is -2.14. The molecule has 0 bridgehead atoms. The molecule has 1 aliphatic rings. The zero-order chi connectivity index (χ0) is 21.4. The van der Waals surface area contributed by atoms with Gasteiger partial charge in [-0.15, -0.1) is 0 Å². The molecule has 0 unspecified atom stereocenters. The number of likely N-dealkylation sites (tertiary alicyclic amines) is 1. The average Bonchev–Trinajstić information content (AvgIpc) is 3.51. The molecule has 0 radical (unpaired) electrons. The van der Waals surface area contributed by atoms with Gasteiger partial charge in [0.2, 0.25) is 0 Å². The molecule has 1 aromatic carbocycles. The number of carbonyl (C=O) groups is 1. The van der Waals surface area contributed by atoms with Gasteiger partial charge < -0.3 is 9.73 Å². The van der Waals surface area contributed by atoms with Crippen LogP contribution in [0, 0.1) is 6.92 Å². The third-order valence-corrected chi connectivity index (χ3v) is 5.98. The van der Waals surface area contributed by atoms with Crippen LogP contribution in [0.4, 0.5) is 5.82 Å². The second-order valence-corrected chi connectivity index (χ2v) is 8.30. The Morgan fingerprint density at radius 2 is 1.90 bits per heavy atom. The van der Waals surface area contributed by atoms with Gasteiger partial charge in [0.15, 0.2) is 11.4 Å². The minimum absolute atomic E-state index is 0.243.